The van der Waals surface area contributed by atoms with Gasteiger partial charge in [-0.1, -0.05) is 13.3 Å². The SMILES string of the molecule is CCc1ccc([C@@H]2CCCCN2CC2(C#N)CC2)o1. The first-order valence-corrected chi connectivity index (χ1v) is 7.50. The molecule has 3 nitrogen and oxygen atoms in total. The molecule has 0 amide bonds. The van der Waals surface area contributed by atoms with E-state index in [-0.39, 0.29) is 5.41 Å². The fraction of sp³-hybridized carbons (Fsp3) is 0.688. The van der Waals surface area contributed by atoms with Gasteiger partial charge in [-0.15, -0.1) is 0 Å². The molecule has 2 heterocycles. The van der Waals surface area contributed by atoms with Crippen molar-refractivity contribution in [1.29, 1.82) is 5.26 Å². The van der Waals surface area contributed by atoms with Crippen LogP contribution in [0.3, 0.4) is 0 Å². The van der Waals surface area contributed by atoms with Gasteiger partial charge in [-0.25, -0.2) is 0 Å². The highest BCUT2D eigenvalue weighted by atomic mass is 16.3. The van der Waals surface area contributed by atoms with E-state index in [4.69, 9.17) is 4.42 Å². The summed E-state index contributed by atoms with van der Waals surface area (Å²) in [6, 6.07) is 7.13. The van der Waals surface area contributed by atoms with Gasteiger partial charge in [0.25, 0.3) is 0 Å². The Bertz CT molecular complexity index is 481. The minimum Gasteiger partial charge on any atom is -0.464 e. The molecule has 1 saturated carbocycles. The van der Waals surface area contributed by atoms with E-state index in [2.05, 4.69) is 30.0 Å². The molecule has 3 rings (SSSR count). The fourth-order valence-corrected chi connectivity index (χ4v) is 3.11. The van der Waals surface area contributed by atoms with Crippen molar-refractivity contribution in [2.45, 2.75) is 51.5 Å². The summed E-state index contributed by atoms with van der Waals surface area (Å²) >= 11 is 0. The Kier molecular flexibility index (Phi) is 3.36. The molecule has 3 heteroatoms. The first kappa shape index (κ1) is 12.7. The average Bonchev–Trinajstić information content (AvgIpc) is 3.06. The number of nitrogens with zero attached hydrogens (tertiary/aromatic N) is 2. The number of hydrogen-bond acceptors (Lipinski definition) is 3. The molecule has 2 aliphatic rings. The molecule has 0 spiro atoms. The number of piperidine rings is 1. The van der Waals surface area contributed by atoms with E-state index in [1.807, 2.05) is 0 Å². The number of furan rings is 1. The lowest BCUT2D eigenvalue weighted by Gasteiger charge is -2.35. The molecule has 1 saturated heterocycles. The van der Waals surface area contributed by atoms with Gasteiger partial charge < -0.3 is 4.42 Å². The first-order chi connectivity index (χ1) is 9.26. The van der Waals surface area contributed by atoms with Gasteiger partial charge in [-0.05, 0) is 44.4 Å². The van der Waals surface area contributed by atoms with Gasteiger partial charge in [0.15, 0.2) is 0 Å². The highest BCUT2D eigenvalue weighted by molar-refractivity contribution is 5.15. The van der Waals surface area contributed by atoms with Crippen molar-refractivity contribution in [1.82, 2.24) is 4.90 Å². The van der Waals surface area contributed by atoms with Crippen molar-refractivity contribution >= 4 is 0 Å². The zero-order valence-corrected chi connectivity index (χ0v) is 11.7. The monoisotopic (exact) mass is 258 g/mol. The van der Waals surface area contributed by atoms with Crippen LogP contribution < -0.4 is 0 Å². The van der Waals surface area contributed by atoms with Crippen LogP contribution in [-0.2, 0) is 6.42 Å². The normalized spacial score (nSPS) is 26.0. The van der Waals surface area contributed by atoms with Gasteiger partial charge in [0.05, 0.1) is 17.5 Å². The molecule has 1 aliphatic carbocycles. The molecule has 1 atom stereocenters. The average molecular weight is 258 g/mol. The van der Waals surface area contributed by atoms with Gasteiger partial charge in [0, 0.05) is 13.0 Å². The van der Waals surface area contributed by atoms with Crippen LogP contribution in [0.4, 0.5) is 0 Å². The second-order valence-corrected chi connectivity index (χ2v) is 6.03. The maximum Gasteiger partial charge on any atom is 0.121 e. The fourth-order valence-electron chi connectivity index (χ4n) is 3.11. The summed E-state index contributed by atoms with van der Waals surface area (Å²) in [7, 11) is 0. The Morgan fingerprint density at radius 2 is 2.26 bits per heavy atom. The quantitative estimate of drug-likeness (QED) is 0.827. The van der Waals surface area contributed by atoms with Crippen LogP contribution in [0.25, 0.3) is 0 Å². The lowest BCUT2D eigenvalue weighted by molar-refractivity contribution is 0.113. The highest BCUT2D eigenvalue weighted by Crippen LogP contribution is 2.47. The molecule has 1 aliphatic heterocycles. The Balaban J connectivity index is 1.75. The van der Waals surface area contributed by atoms with Gasteiger partial charge in [0.2, 0.25) is 0 Å². The van der Waals surface area contributed by atoms with Gasteiger partial charge in [-0.3, -0.25) is 4.90 Å². The standard InChI is InChI=1S/C16H22N2O/c1-2-13-6-7-15(19-13)14-5-3-4-10-18(14)12-16(11-17)8-9-16/h6-7,14H,2-5,8-10,12H2,1H3/t14-/m0/s1. The van der Waals surface area contributed by atoms with Crippen molar-refractivity contribution in [3.05, 3.63) is 23.7 Å². The Morgan fingerprint density at radius 1 is 1.42 bits per heavy atom. The number of likely N-dealkylation sites (tertiary alicyclic amines) is 1. The predicted octanol–water partition coefficient (Wildman–Crippen LogP) is 3.67. The lowest BCUT2D eigenvalue weighted by atomic mass is 9.97. The molecule has 1 aromatic rings. The molecule has 0 unspecified atom stereocenters. The van der Waals surface area contributed by atoms with Gasteiger partial charge in [0.1, 0.15) is 11.5 Å². The van der Waals surface area contributed by atoms with E-state index in [1.165, 1.54) is 12.8 Å². The molecule has 0 aromatic carbocycles. The van der Waals surface area contributed by atoms with E-state index < -0.39 is 0 Å². The second-order valence-electron chi connectivity index (χ2n) is 6.03. The van der Waals surface area contributed by atoms with Crippen molar-refractivity contribution in [2.24, 2.45) is 5.41 Å². The Hall–Kier alpha value is -1.27. The summed E-state index contributed by atoms with van der Waals surface area (Å²) in [6.07, 6.45) is 6.78. The van der Waals surface area contributed by atoms with Crippen molar-refractivity contribution in [3.8, 4) is 6.07 Å². The molecule has 0 bridgehead atoms. The minimum absolute atomic E-state index is 0.0459. The van der Waals surface area contributed by atoms with Gasteiger partial charge in [-0.2, -0.15) is 5.26 Å². The molecule has 0 radical (unpaired) electrons. The molecule has 102 valence electrons. The number of rotatable bonds is 4. The van der Waals surface area contributed by atoms with Crippen LogP contribution in [0.15, 0.2) is 16.5 Å². The zero-order chi connectivity index (χ0) is 13.3. The van der Waals surface area contributed by atoms with E-state index in [1.54, 1.807) is 0 Å². The minimum atomic E-state index is -0.0459. The summed E-state index contributed by atoms with van der Waals surface area (Å²) < 4.78 is 5.95. The molecule has 1 aromatic heterocycles. The van der Waals surface area contributed by atoms with Crippen LogP contribution in [-0.4, -0.2) is 18.0 Å². The van der Waals surface area contributed by atoms with E-state index in [9.17, 15) is 5.26 Å². The summed E-state index contributed by atoms with van der Waals surface area (Å²) in [6.45, 7) is 4.16. The Labute approximate surface area is 115 Å². The largest absolute Gasteiger partial charge is 0.464 e. The number of aryl methyl sites for hydroxylation is 1. The zero-order valence-electron chi connectivity index (χ0n) is 11.7. The van der Waals surface area contributed by atoms with Crippen LogP contribution in [0.5, 0.6) is 0 Å². The van der Waals surface area contributed by atoms with Crippen molar-refractivity contribution in [2.75, 3.05) is 13.1 Å². The summed E-state index contributed by atoms with van der Waals surface area (Å²) in [5.74, 6) is 2.17. The van der Waals surface area contributed by atoms with Crippen LogP contribution in [0, 0.1) is 16.7 Å². The third-order valence-corrected chi connectivity index (χ3v) is 4.57. The number of nitriles is 1. The van der Waals surface area contributed by atoms with E-state index in [0.717, 1.165) is 50.3 Å². The molecular weight excluding hydrogens is 236 g/mol. The lowest BCUT2D eigenvalue weighted by Crippen LogP contribution is -2.37. The third-order valence-electron chi connectivity index (χ3n) is 4.57. The van der Waals surface area contributed by atoms with Crippen LogP contribution in [0.1, 0.15) is 56.6 Å². The van der Waals surface area contributed by atoms with E-state index in [0.29, 0.717) is 6.04 Å². The molecule has 19 heavy (non-hydrogen) atoms. The third kappa shape index (κ3) is 2.55. The summed E-state index contributed by atoms with van der Waals surface area (Å²) in [4.78, 5) is 2.48. The number of hydrogen-bond donors (Lipinski definition) is 0. The summed E-state index contributed by atoms with van der Waals surface area (Å²) in [5.41, 5.74) is -0.0459. The second kappa shape index (κ2) is 5.02. The van der Waals surface area contributed by atoms with Crippen molar-refractivity contribution in [3.63, 3.8) is 0 Å². The molecular formula is C16H22N2O. The molecule has 2 fully saturated rings. The topological polar surface area (TPSA) is 40.2 Å². The first-order valence-electron chi connectivity index (χ1n) is 7.50. The maximum absolute atomic E-state index is 9.29. The Morgan fingerprint density at radius 3 is 2.89 bits per heavy atom. The summed E-state index contributed by atoms with van der Waals surface area (Å²) in [5, 5.41) is 9.29. The van der Waals surface area contributed by atoms with Crippen LogP contribution >= 0.6 is 0 Å². The smallest absolute Gasteiger partial charge is 0.121 e. The molecule has 0 N–H and O–H groups in total. The van der Waals surface area contributed by atoms with E-state index >= 15 is 0 Å². The maximum atomic E-state index is 9.29. The van der Waals surface area contributed by atoms with Crippen molar-refractivity contribution < 1.29 is 4.42 Å². The van der Waals surface area contributed by atoms with Gasteiger partial charge >= 0.3 is 0 Å². The predicted molar refractivity (Wildman–Crippen MR) is 73.5 cm³/mol. The highest BCUT2D eigenvalue weighted by Gasteiger charge is 2.46. The van der Waals surface area contributed by atoms with Crippen LogP contribution in [0.2, 0.25) is 0 Å².